The molecular formula is C12H19N3O2S. The minimum atomic E-state index is -3.50. The molecule has 0 fully saturated rings. The number of hydrogen-bond donors (Lipinski definition) is 2. The van der Waals surface area contributed by atoms with E-state index in [1.165, 1.54) is 4.31 Å². The van der Waals surface area contributed by atoms with Crippen LogP contribution in [0, 0.1) is 0 Å². The molecule has 0 aliphatic carbocycles. The van der Waals surface area contributed by atoms with Gasteiger partial charge in [0.25, 0.3) is 0 Å². The third-order valence-electron chi connectivity index (χ3n) is 2.68. The molecule has 0 bridgehead atoms. The van der Waals surface area contributed by atoms with E-state index in [-0.39, 0.29) is 0 Å². The van der Waals surface area contributed by atoms with Gasteiger partial charge in [0.15, 0.2) is 0 Å². The lowest BCUT2D eigenvalue weighted by molar-refractivity contribution is 0.489. The van der Waals surface area contributed by atoms with E-state index in [0.29, 0.717) is 18.7 Å². The first-order valence-corrected chi connectivity index (χ1v) is 7.33. The van der Waals surface area contributed by atoms with E-state index in [9.17, 15) is 8.42 Å². The second-order valence-corrected chi connectivity index (χ2v) is 7.16. The molecule has 6 heteroatoms. The van der Waals surface area contributed by atoms with Crippen LogP contribution in [0.15, 0.2) is 18.2 Å². The average molecular weight is 269 g/mol. The normalized spacial score (nSPS) is 15.8. The Labute approximate surface area is 108 Å². The SMILES string of the molecule is CC(C)(C)NS(=O)(=O)N1CCc2cc(N)ccc21. The van der Waals surface area contributed by atoms with Crippen molar-refractivity contribution in [2.45, 2.75) is 32.7 Å². The summed E-state index contributed by atoms with van der Waals surface area (Å²) in [5.74, 6) is 0. The van der Waals surface area contributed by atoms with E-state index < -0.39 is 15.7 Å². The summed E-state index contributed by atoms with van der Waals surface area (Å²) < 4.78 is 28.6. The Bertz CT molecular complexity index is 561. The zero-order chi connectivity index (χ0) is 13.6. The molecular weight excluding hydrogens is 250 g/mol. The van der Waals surface area contributed by atoms with E-state index in [4.69, 9.17) is 5.73 Å². The second-order valence-electron chi connectivity index (χ2n) is 5.57. The fourth-order valence-corrected chi connectivity index (χ4v) is 3.74. The topological polar surface area (TPSA) is 75.4 Å². The summed E-state index contributed by atoms with van der Waals surface area (Å²) >= 11 is 0. The number of nitrogens with two attached hydrogens (primary N) is 1. The summed E-state index contributed by atoms with van der Waals surface area (Å²) in [6, 6.07) is 5.32. The van der Waals surface area contributed by atoms with Gasteiger partial charge in [-0.25, -0.2) is 0 Å². The average Bonchev–Trinajstić information content (AvgIpc) is 2.56. The molecule has 0 unspecified atom stereocenters. The highest BCUT2D eigenvalue weighted by Crippen LogP contribution is 2.31. The molecule has 1 aromatic rings. The van der Waals surface area contributed by atoms with E-state index in [1.54, 1.807) is 12.1 Å². The molecule has 0 aromatic heterocycles. The fourth-order valence-electron chi connectivity index (χ4n) is 2.08. The summed E-state index contributed by atoms with van der Waals surface area (Å²) in [5.41, 5.74) is 7.58. The Morgan fingerprint density at radius 1 is 1.33 bits per heavy atom. The molecule has 100 valence electrons. The Morgan fingerprint density at radius 3 is 2.61 bits per heavy atom. The number of nitrogens with zero attached hydrogens (tertiary/aromatic N) is 1. The minimum Gasteiger partial charge on any atom is -0.399 e. The van der Waals surface area contributed by atoms with Crippen molar-refractivity contribution in [2.24, 2.45) is 0 Å². The molecule has 0 spiro atoms. The first-order valence-electron chi connectivity index (χ1n) is 5.89. The maximum Gasteiger partial charge on any atom is 0.302 e. The molecule has 1 aliphatic heterocycles. The minimum absolute atomic E-state index is 0.462. The Morgan fingerprint density at radius 2 is 2.00 bits per heavy atom. The highest BCUT2D eigenvalue weighted by Gasteiger charge is 2.32. The van der Waals surface area contributed by atoms with Gasteiger partial charge in [-0.3, -0.25) is 4.31 Å². The van der Waals surface area contributed by atoms with Crippen LogP contribution in [0.3, 0.4) is 0 Å². The molecule has 0 saturated heterocycles. The van der Waals surface area contributed by atoms with E-state index >= 15 is 0 Å². The Kier molecular flexibility index (Phi) is 3.03. The predicted octanol–water partition coefficient (Wildman–Crippen LogP) is 1.26. The Hall–Kier alpha value is -1.27. The van der Waals surface area contributed by atoms with Crippen molar-refractivity contribution in [2.75, 3.05) is 16.6 Å². The van der Waals surface area contributed by atoms with Gasteiger partial charge in [0.2, 0.25) is 0 Å². The van der Waals surface area contributed by atoms with Crippen LogP contribution in [0.2, 0.25) is 0 Å². The molecule has 1 aliphatic rings. The van der Waals surface area contributed by atoms with Crippen molar-refractivity contribution in [1.82, 2.24) is 4.72 Å². The van der Waals surface area contributed by atoms with Crippen molar-refractivity contribution in [3.63, 3.8) is 0 Å². The fraction of sp³-hybridized carbons (Fsp3) is 0.500. The lowest BCUT2D eigenvalue weighted by Gasteiger charge is -2.26. The van der Waals surface area contributed by atoms with E-state index in [1.807, 2.05) is 26.8 Å². The summed E-state index contributed by atoms with van der Waals surface area (Å²) in [6.45, 7) is 5.93. The number of nitrogen functional groups attached to an aromatic ring is 1. The molecule has 5 nitrogen and oxygen atoms in total. The van der Waals surface area contributed by atoms with Gasteiger partial charge in [0, 0.05) is 17.8 Å². The van der Waals surface area contributed by atoms with Crippen LogP contribution in [0.5, 0.6) is 0 Å². The van der Waals surface area contributed by atoms with Crippen LogP contribution in [-0.2, 0) is 16.6 Å². The Balaban J connectivity index is 2.34. The molecule has 0 atom stereocenters. The third kappa shape index (κ3) is 2.59. The third-order valence-corrected chi connectivity index (χ3v) is 4.51. The standard InChI is InChI=1S/C12H19N3O2S/c1-12(2,3)14-18(16,17)15-7-6-9-8-10(13)4-5-11(9)15/h4-5,8,14H,6-7,13H2,1-3H3. The summed E-state index contributed by atoms with van der Waals surface area (Å²) in [4.78, 5) is 0. The van der Waals surface area contributed by atoms with Crippen LogP contribution >= 0.6 is 0 Å². The van der Waals surface area contributed by atoms with Gasteiger partial charge in [0.1, 0.15) is 0 Å². The second kappa shape index (κ2) is 4.13. The van der Waals surface area contributed by atoms with Crippen molar-refractivity contribution in [3.05, 3.63) is 23.8 Å². The maximum absolute atomic E-state index is 12.3. The van der Waals surface area contributed by atoms with Crippen LogP contribution in [-0.4, -0.2) is 20.5 Å². The van der Waals surface area contributed by atoms with Crippen molar-refractivity contribution >= 4 is 21.6 Å². The maximum atomic E-state index is 12.3. The van der Waals surface area contributed by atoms with E-state index in [0.717, 1.165) is 11.3 Å². The first-order chi connectivity index (χ1) is 8.19. The lowest BCUT2D eigenvalue weighted by Crippen LogP contribution is -2.48. The molecule has 3 N–H and O–H groups in total. The van der Waals surface area contributed by atoms with Gasteiger partial charge in [-0.2, -0.15) is 13.1 Å². The highest BCUT2D eigenvalue weighted by molar-refractivity contribution is 7.91. The summed E-state index contributed by atoms with van der Waals surface area (Å²) in [7, 11) is -3.50. The monoisotopic (exact) mass is 269 g/mol. The van der Waals surface area contributed by atoms with Gasteiger partial charge in [-0.15, -0.1) is 0 Å². The molecule has 0 amide bonds. The van der Waals surface area contributed by atoms with Crippen molar-refractivity contribution in [3.8, 4) is 0 Å². The molecule has 0 saturated carbocycles. The molecule has 18 heavy (non-hydrogen) atoms. The van der Waals surface area contributed by atoms with Crippen LogP contribution in [0.4, 0.5) is 11.4 Å². The summed E-state index contributed by atoms with van der Waals surface area (Å²) in [5, 5.41) is 0. The molecule has 1 heterocycles. The highest BCUT2D eigenvalue weighted by atomic mass is 32.2. The van der Waals surface area contributed by atoms with Gasteiger partial charge >= 0.3 is 10.2 Å². The number of rotatable bonds is 2. The van der Waals surface area contributed by atoms with E-state index in [2.05, 4.69) is 4.72 Å². The van der Waals surface area contributed by atoms with Crippen LogP contribution in [0.1, 0.15) is 26.3 Å². The largest absolute Gasteiger partial charge is 0.399 e. The number of anilines is 2. The number of hydrogen-bond acceptors (Lipinski definition) is 3. The lowest BCUT2D eigenvalue weighted by atomic mass is 10.1. The molecule has 2 rings (SSSR count). The van der Waals surface area contributed by atoms with Crippen LogP contribution in [0.25, 0.3) is 0 Å². The van der Waals surface area contributed by atoms with Crippen LogP contribution < -0.4 is 14.8 Å². The predicted molar refractivity (Wildman–Crippen MR) is 73.7 cm³/mol. The van der Waals surface area contributed by atoms with Gasteiger partial charge < -0.3 is 5.73 Å². The van der Waals surface area contributed by atoms with Crippen molar-refractivity contribution in [1.29, 1.82) is 0 Å². The zero-order valence-corrected chi connectivity index (χ0v) is 11.7. The number of fused-ring (bicyclic) bond motifs is 1. The van der Waals surface area contributed by atoms with Crippen molar-refractivity contribution < 1.29 is 8.42 Å². The smallest absolute Gasteiger partial charge is 0.302 e. The number of benzene rings is 1. The zero-order valence-electron chi connectivity index (χ0n) is 10.9. The van der Waals surface area contributed by atoms with Gasteiger partial charge in [-0.05, 0) is 51.0 Å². The first kappa shape index (κ1) is 13.2. The van der Waals surface area contributed by atoms with Gasteiger partial charge in [-0.1, -0.05) is 0 Å². The molecule has 1 aromatic carbocycles. The molecule has 0 radical (unpaired) electrons. The quantitative estimate of drug-likeness (QED) is 0.794. The summed E-state index contributed by atoms with van der Waals surface area (Å²) in [6.07, 6.45) is 0.700. The number of nitrogens with one attached hydrogen (secondary N) is 1. The van der Waals surface area contributed by atoms with Gasteiger partial charge in [0.05, 0.1) is 5.69 Å².